The van der Waals surface area contributed by atoms with Crippen molar-refractivity contribution in [2.45, 2.75) is 6.92 Å². The zero-order chi connectivity index (χ0) is 11.4. The van der Waals surface area contributed by atoms with Crippen LogP contribution in [0.4, 0.5) is 5.69 Å². The Morgan fingerprint density at radius 2 is 1.93 bits per heavy atom. The topological polar surface area (TPSA) is 21.7 Å². The standard InChI is InChI=1S/C11H17NO2S/c1-8-10(13-3)6-5-9(11(8)14-4)12(2)7-15/h5-6,15H,7H2,1-4H3. The van der Waals surface area contributed by atoms with Crippen molar-refractivity contribution >= 4 is 18.3 Å². The molecule has 1 aromatic carbocycles. The van der Waals surface area contributed by atoms with Crippen molar-refractivity contribution in [3.8, 4) is 11.5 Å². The van der Waals surface area contributed by atoms with Crippen LogP contribution in [0, 0.1) is 6.92 Å². The molecule has 0 aliphatic heterocycles. The van der Waals surface area contributed by atoms with Crippen LogP contribution in [0.2, 0.25) is 0 Å². The van der Waals surface area contributed by atoms with Gasteiger partial charge in [-0.3, -0.25) is 0 Å². The van der Waals surface area contributed by atoms with Crippen LogP contribution in [0.15, 0.2) is 12.1 Å². The summed E-state index contributed by atoms with van der Waals surface area (Å²) < 4.78 is 10.6. The number of rotatable bonds is 4. The van der Waals surface area contributed by atoms with E-state index >= 15 is 0 Å². The highest BCUT2D eigenvalue weighted by Crippen LogP contribution is 2.36. The fraction of sp³-hybridized carbons (Fsp3) is 0.455. The van der Waals surface area contributed by atoms with Gasteiger partial charge in [-0.05, 0) is 19.1 Å². The first-order chi connectivity index (χ1) is 7.15. The number of benzene rings is 1. The molecule has 0 aromatic heterocycles. The third-order valence-corrected chi connectivity index (χ3v) is 2.81. The Labute approximate surface area is 96.4 Å². The number of hydrogen-bond acceptors (Lipinski definition) is 4. The molecule has 15 heavy (non-hydrogen) atoms. The number of anilines is 1. The molecule has 84 valence electrons. The molecule has 0 radical (unpaired) electrons. The van der Waals surface area contributed by atoms with Gasteiger partial charge in [0.2, 0.25) is 0 Å². The monoisotopic (exact) mass is 227 g/mol. The first-order valence-electron chi connectivity index (χ1n) is 4.69. The summed E-state index contributed by atoms with van der Waals surface area (Å²) in [5.74, 6) is 2.32. The van der Waals surface area contributed by atoms with Gasteiger partial charge in [0, 0.05) is 12.6 Å². The molecule has 4 heteroatoms. The van der Waals surface area contributed by atoms with E-state index in [1.807, 2.05) is 31.0 Å². The Kier molecular flexibility index (Phi) is 4.15. The largest absolute Gasteiger partial charge is 0.496 e. The maximum absolute atomic E-state index is 5.39. The normalized spacial score (nSPS) is 9.93. The lowest BCUT2D eigenvalue weighted by Gasteiger charge is -2.21. The minimum atomic E-state index is 0.641. The van der Waals surface area contributed by atoms with Gasteiger partial charge in [0.1, 0.15) is 11.5 Å². The van der Waals surface area contributed by atoms with Gasteiger partial charge >= 0.3 is 0 Å². The van der Waals surface area contributed by atoms with E-state index in [4.69, 9.17) is 9.47 Å². The van der Waals surface area contributed by atoms with Crippen molar-refractivity contribution in [2.75, 3.05) is 32.0 Å². The second-order valence-corrected chi connectivity index (χ2v) is 3.57. The highest BCUT2D eigenvalue weighted by molar-refractivity contribution is 7.80. The summed E-state index contributed by atoms with van der Waals surface area (Å²) in [4.78, 5) is 2.01. The Hall–Kier alpha value is -1.03. The van der Waals surface area contributed by atoms with Crippen LogP contribution in [-0.4, -0.2) is 27.1 Å². The molecule has 0 atom stereocenters. The summed E-state index contributed by atoms with van der Waals surface area (Å²) in [5, 5.41) is 0. The minimum Gasteiger partial charge on any atom is -0.496 e. The molecule has 0 heterocycles. The van der Waals surface area contributed by atoms with Crippen molar-refractivity contribution in [1.82, 2.24) is 0 Å². The molecule has 0 aliphatic rings. The molecule has 0 amide bonds. The van der Waals surface area contributed by atoms with E-state index in [2.05, 4.69) is 12.6 Å². The lowest BCUT2D eigenvalue weighted by Crippen LogP contribution is -2.15. The molecule has 0 saturated carbocycles. The van der Waals surface area contributed by atoms with Gasteiger partial charge in [-0.25, -0.2) is 0 Å². The molecule has 3 nitrogen and oxygen atoms in total. The van der Waals surface area contributed by atoms with Crippen molar-refractivity contribution in [1.29, 1.82) is 0 Å². The number of ether oxygens (including phenoxy) is 2. The smallest absolute Gasteiger partial charge is 0.148 e. The lowest BCUT2D eigenvalue weighted by atomic mass is 10.1. The summed E-state index contributed by atoms with van der Waals surface area (Å²) in [5.41, 5.74) is 2.02. The summed E-state index contributed by atoms with van der Waals surface area (Å²) >= 11 is 4.24. The van der Waals surface area contributed by atoms with E-state index in [1.165, 1.54) is 0 Å². The predicted octanol–water partition coefficient (Wildman–Crippen LogP) is 2.34. The maximum Gasteiger partial charge on any atom is 0.148 e. The maximum atomic E-state index is 5.39. The number of methoxy groups -OCH3 is 2. The third kappa shape index (κ3) is 2.31. The van der Waals surface area contributed by atoms with E-state index in [9.17, 15) is 0 Å². The summed E-state index contributed by atoms with van der Waals surface area (Å²) in [6, 6.07) is 3.91. The Morgan fingerprint density at radius 3 is 2.40 bits per heavy atom. The van der Waals surface area contributed by atoms with Gasteiger partial charge in [0.25, 0.3) is 0 Å². The predicted molar refractivity (Wildman–Crippen MR) is 66.5 cm³/mol. The average molecular weight is 227 g/mol. The molecule has 0 saturated heterocycles. The molecular weight excluding hydrogens is 210 g/mol. The first kappa shape index (κ1) is 12.0. The van der Waals surface area contributed by atoms with Gasteiger partial charge in [0.15, 0.2) is 0 Å². The third-order valence-electron chi connectivity index (χ3n) is 2.38. The van der Waals surface area contributed by atoms with Gasteiger partial charge in [-0.1, -0.05) is 0 Å². The van der Waals surface area contributed by atoms with E-state index in [1.54, 1.807) is 14.2 Å². The van der Waals surface area contributed by atoms with Crippen molar-refractivity contribution < 1.29 is 9.47 Å². The molecule has 0 N–H and O–H groups in total. The Morgan fingerprint density at radius 1 is 1.27 bits per heavy atom. The van der Waals surface area contributed by atoms with Crippen molar-refractivity contribution in [2.24, 2.45) is 0 Å². The highest BCUT2D eigenvalue weighted by Gasteiger charge is 2.13. The minimum absolute atomic E-state index is 0.641. The second-order valence-electron chi connectivity index (χ2n) is 3.28. The zero-order valence-corrected chi connectivity index (χ0v) is 10.5. The lowest BCUT2D eigenvalue weighted by molar-refractivity contribution is 0.389. The van der Waals surface area contributed by atoms with Crippen LogP contribution >= 0.6 is 12.6 Å². The molecule has 1 aromatic rings. The molecule has 0 spiro atoms. The van der Waals surface area contributed by atoms with Gasteiger partial charge in [-0.2, -0.15) is 12.6 Å². The molecule has 0 aliphatic carbocycles. The van der Waals surface area contributed by atoms with Crippen LogP contribution in [0.3, 0.4) is 0 Å². The quantitative estimate of drug-likeness (QED) is 0.630. The molecular formula is C11H17NO2S. The summed E-state index contributed by atoms with van der Waals surface area (Å²) in [7, 11) is 5.29. The number of hydrogen-bond donors (Lipinski definition) is 1. The number of nitrogens with zero attached hydrogens (tertiary/aromatic N) is 1. The van der Waals surface area contributed by atoms with E-state index < -0.39 is 0 Å². The van der Waals surface area contributed by atoms with E-state index in [0.29, 0.717) is 5.88 Å². The van der Waals surface area contributed by atoms with Crippen LogP contribution in [0.1, 0.15) is 5.56 Å². The fourth-order valence-corrected chi connectivity index (χ4v) is 1.67. The van der Waals surface area contributed by atoms with Crippen molar-refractivity contribution in [3.63, 3.8) is 0 Å². The van der Waals surface area contributed by atoms with Crippen molar-refractivity contribution in [3.05, 3.63) is 17.7 Å². The van der Waals surface area contributed by atoms with Crippen LogP contribution < -0.4 is 14.4 Å². The Balaban J connectivity index is 3.24. The Bertz CT molecular complexity index is 342. The first-order valence-corrected chi connectivity index (χ1v) is 5.32. The van der Waals surface area contributed by atoms with Crippen LogP contribution in [0.5, 0.6) is 11.5 Å². The molecule has 1 rings (SSSR count). The zero-order valence-electron chi connectivity index (χ0n) is 9.57. The van der Waals surface area contributed by atoms with E-state index in [-0.39, 0.29) is 0 Å². The van der Waals surface area contributed by atoms with Crippen LogP contribution in [-0.2, 0) is 0 Å². The van der Waals surface area contributed by atoms with Gasteiger partial charge in [-0.15, -0.1) is 0 Å². The molecule has 0 unspecified atom stereocenters. The average Bonchev–Trinajstić information content (AvgIpc) is 2.27. The van der Waals surface area contributed by atoms with E-state index in [0.717, 1.165) is 22.7 Å². The molecule has 0 fully saturated rings. The SMILES string of the molecule is COc1ccc(N(C)CS)c(OC)c1C. The molecule has 0 bridgehead atoms. The highest BCUT2D eigenvalue weighted by atomic mass is 32.1. The summed E-state index contributed by atoms with van der Waals surface area (Å²) in [6.07, 6.45) is 0. The van der Waals surface area contributed by atoms with Gasteiger partial charge in [0.05, 0.1) is 25.8 Å². The summed E-state index contributed by atoms with van der Waals surface area (Å²) in [6.45, 7) is 1.98. The fourth-order valence-electron chi connectivity index (χ4n) is 1.51. The number of thiol groups is 1. The second kappa shape index (κ2) is 5.16. The van der Waals surface area contributed by atoms with Gasteiger partial charge < -0.3 is 14.4 Å². The van der Waals surface area contributed by atoms with Crippen LogP contribution in [0.25, 0.3) is 0 Å².